The second-order valence-electron chi connectivity index (χ2n) is 3.33. The molecule has 0 bridgehead atoms. The highest BCUT2D eigenvalue weighted by molar-refractivity contribution is 5.79. The van der Waals surface area contributed by atoms with Crippen LogP contribution in [0.4, 0.5) is 0 Å². The lowest BCUT2D eigenvalue weighted by atomic mass is 10.0. The molecular formula is C10H12N2O3. The van der Waals surface area contributed by atoms with Crippen molar-refractivity contribution in [2.24, 2.45) is 0 Å². The third-order valence-electron chi connectivity index (χ3n) is 2.36. The van der Waals surface area contributed by atoms with Gasteiger partial charge in [0.1, 0.15) is 17.9 Å². The van der Waals surface area contributed by atoms with E-state index in [4.69, 9.17) is 5.11 Å². The van der Waals surface area contributed by atoms with Crippen LogP contribution >= 0.6 is 0 Å². The SMILES string of the molecule is OCC(O)C(O)c1ccnc2[nH]ccc12. The first kappa shape index (κ1) is 10.1. The molecule has 0 aliphatic carbocycles. The fourth-order valence-electron chi connectivity index (χ4n) is 1.55. The molecule has 0 amide bonds. The highest BCUT2D eigenvalue weighted by Crippen LogP contribution is 2.24. The number of aliphatic hydroxyl groups excluding tert-OH is 3. The smallest absolute Gasteiger partial charge is 0.137 e. The van der Waals surface area contributed by atoms with Gasteiger partial charge < -0.3 is 20.3 Å². The van der Waals surface area contributed by atoms with Crippen LogP contribution in [0.15, 0.2) is 24.5 Å². The van der Waals surface area contributed by atoms with Gasteiger partial charge in [-0.05, 0) is 17.7 Å². The van der Waals surface area contributed by atoms with Crippen LogP contribution in [0, 0.1) is 0 Å². The lowest BCUT2D eigenvalue weighted by molar-refractivity contribution is -0.0145. The summed E-state index contributed by atoms with van der Waals surface area (Å²) in [5.41, 5.74) is 1.21. The molecule has 2 aromatic heterocycles. The van der Waals surface area contributed by atoms with Gasteiger partial charge in [0.2, 0.25) is 0 Å². The molecule has 0 radical (unpaired) electrons. The van der Waals surface area contributed by atoms with Crippen LogP contribution in [0.5, 0.6) is 0 Å². The summed E-state index contributed by atoms with van der Waals surface area (Å²) in [5.74, 6) is 0. The van der Waals surface area contributed by atoms with E-state index in [1.807, 2.05) is 0 Å². The van der Waals surface area contributed by atoms with Gasteiger partial charge in [-0.25, -0.2) is 4.98 Å². The van der Waals surface area contributed by atoms with Crippen molar-refractivity contribution < 1.29 is 15.3 Å². The summed E-state index contributed by atoms with van der Waals surface area (Å²) < 4.78 is 0. The van der Waals surface area contributed by atoms with Gasteiger partial charge in [-0.3, -0.25) is 0 Å². The van der Waals surface area contributed by atoms with Crippen LogP contribution in [-0.2, 0) is 0 Å². The Hall–Kier alpha value is -1.43. The summed E-state index contributed by atoms with van der Waals surface area (Å²) in [6, 6.07) is 3.39. The van der Waals surface area contributed by atoms with Gasteiger partial charge in [0.25, 0.3) is 0 Å². The van der Waals surface area contributed by atoms with Crippen molar-refractivity contribution in [1.29, 1.82) is 0 Å². The van der Waals surface area contributed by atoms with Gasteiger partial charge in [-0.1, -0.05) is 0 Å². The zero-order valence-corrected chi connectivity index (χ0v) is 7.96. The quantitative estimate of drug-likeness (QED) is 0.569. The van der Waals surface area contributed by atoms with Gasteiger partial charge >= 0.3 is 0 Å². The minimum Gasteiger partial charge on any atom is -0.394 e. The monoisotopic (exact) mass is 208 g/mol. The van der Waals surface area contributed by atoms with E-state index in [1.165, 1.54) is 0 Å². The van der Waals surface area contributed by atoms with Gasteiger partial charge in [-0.2, -0.15) is 0 Å². The van der Waals surface area contributed by atoms with Crippen molar-refractivity contribution in [3.8, 4) is 0 Å². The lowest BCUT2D eigenvalue weighted by Gasteiger charge is -2.16. The van der Waals surface area contributed by atoms with Crippen LogP contribution in [-0.4, -0.2) is 38.0 Å². The minimum atomic E-state index is -1.18. The number of aromatic nitrogens is 2. The highest BCUT2D eigenvalue weighted by atomic mass is 16.4. The van der Waals surface area contributed by atoms with Crippen LogP contribution < -0.4 is 0 Å². The Balaban J connectivity index is 2.46. The molecule has 2 atom stereocenters. The average Bonchev–Trinajstić information content (AvgIpc) is 2.74. The number of nitrogens with zero attached hydrogens (tertiary/aromatic N) is 1. The topological polar surface area (TPSA) is 89.4 Å². The number of rotatable bonds is 3. The Morgan fingerprint density at radius 2 is 2.13 bits per heavy atom. The molecule has 0 aromatic carbocycles. The van der Waals surface area contributed by atoms with Crippen molar-refractivity contribution in [2.75, 3.05) is 6.61 Å². The molecule has 0 spiro atoms. The molecule has 0 aliphatic rings. The van der Waals surface area contributed by atoms with Crippen LogP contribution in [0.2, 0.25) is 0 Å². The molecular weight excluding hydrogens is 196 g/mol. The normalized spacial score (nSPS) is 15.4. The minimum absolute atomic E-state index is 0.477. The molecule has 0 saturated heterocycles. The van der Waals surface area contributed by atoms with E-state index in [0.29, 0.717) is 11.2 Å². The Bertz CT molecular complexity index is 455. The summed E-state index contributed by atoms with van der Waals surface area (Å²) in [6.07, 6.45) is 0.975. The number of H-pyrrole nitrogens is 1. The number of pyridine rings is 1. The summed E-state index contributed by atoms with van der Waals surface area (Å²) >= 11 is 0. The highest BCUT2D eigenvalue weighted by Gasteiger charge is 2.19. The Kier molecular flexibility index (Phi) is 2.68. The third kappa shape index (κ3) is 1.72. The molecule has 80 valence electrons. The molecule has 0 aliphatic heterocycles. The van der Waals surface area contributed by atoms with Crippen LogP contribution in [0.3, 0.4) is 0 Å². The fourth-order valence-corrected chi connectivity index (χ4v) is 1.55. The number of nitrogens with one attached hydrogen (secondary N) is 1. The van der Waals surface area contributed by atoms with E-state index in [0.717, 1.165) is 5.39 Å². The van der Waals surface area contributed by atoms with E-state index in [-0.39, 0.29) is 0 Å². The standard InChI is InChI=1S/C10H12N2O3/c13-5-8(14)9(15)6-1-3-11-10-7(6)2-4-12-10/h1-4,8-9,13-15H,5H2,(H,11,12). The first-order chi connectivity index (χ1) is 7.24. The predicted octanol–water partition coefficient (Wildman–Crippen LogP) is -0.0505. The van der Waals surface area contributed by atoms with Crippen molar-refractivity contribution in [1.82, 2.24) is 9.97 Å². The number of aliphatic hydroxyl groups is 3. The molecule has 5 nitrogen and oxygen atoms in total. The summed E-state index contributed by atoms with van der Waals surface area (Å²) in [6.45, 7) is -0.477. The molecule has 0 saturated carbocycles. The average molecular weight is 208 g/mol. The Morgan fingerprint density at radius 1 is 1.33 bits per heavy atom. The largest absolute Gasteiger partial charge is 0.394 e. The molecule has 2 aromatic rings. The fraction of sp³-hybridized carbons (Fsp3) is 0.300. The number of fused-ring (bicyclic) bond motifs is 1. The summed E-state index contributed by atoms with van der Waals surface area (Å²) in [7, 11) is 0. The number of hydrogen-bond acceptors (Lipinski definition) is 4. The van der Waals surface area contributed by atoms with E-state index in [2.05, 4.69) is 9.97 Å². The summed E-state index contributed by atoms with van der Waals surface area (Å²) in [4.78, 5) is 6.96. The zero-order valence-electron chi connectivity index (χ0n) is 7.96. The maximum absolute atomic E-state index is 9.75. The second-order valence-corrected chi connectivity index (χ2v) is 3.33. The molecule has 0 fully saturated rings. The molecule has 15 heavy (non-hydrogen) atoms. The Morgan fingerprint density at radius 3 is 2.87 bits per heavy atom. The third-order valence-corrected chi connectivity index (χ3v) is 2.36. The molecule has 2 rings (SSSR count). The van der Waals surface area contributed by atoms with Gasteiger partial charge in [0.05, 0.1) is 6.61 Å². The van der Waals surface area contributed by atoms with Crippen molar-refractivity contribution in [3.05, 3.63) is 30.1 Å². The molecule has 2 unspecified atom stereocenters. The first-order valence-corrected chi connectivity index (χ1v) is 4.63. The predicted molar refractivity (Wildman–Crippen MR) is 54.1 cm³/mol. The number of hydrogen-bond donors (Lipinski definition) is 4. The van der Waals surface area contributed by atoms with E-state index >= 15 is 0 Å². The van der Waals surface area contributed by atoms with E-state index < -0.39 is 18.8 Å². The molecule has 2 heterocycles. The van der Waals surface area contributed by atoms with E-state index in [1.54, 1.807) is 24.5 Å². The van der Waals surface area contributed by atoms with Gasteiger partial charge in [0.15, 0.2) is 0 Å². The Labute approximate surface area is 86.0 Å². The van der Waals surface area contributed by atoms with Crippen molar-refractivity contribution >= 4 is 11.0 Å². The van der Waals surface area contributed by atoms with Crippen molar-refractivity contribution in [2.45, 2.75) is 12.2 Å². The second kappa shape index (κ2) is 3.98. The van der Waals surface area contributed by atoms with Gasteiger partial charge in [0, 0.05) is 17.8 Å². The molecule has 4 N–H and O–H groups in total. The lowest BCUT2D eigenvalue weighted by Crippen LogP contribution is -2.22. The van der Waals surface area contributed by atoms with Gasteiger partial charge in [-0.15, -0.1) is 0 Å². The first-order valence-electron chi connectivity index (χ1n) is 4.63. The van der Waals surface area contributed by atoms with Crippen LogP contribution in [0.1, 0.15) is 11.7 Å². The maximum atomic E-state index is 9.75. The number of aromatic amines is 1. The summed E-state index contributed by atoms with van der Waals surface area (Å²) in [5, 5.41) is 28.6. The van der Waals surface area contributed by atoms with E-state index in [9.17, 15) is 10.2 Å². The zero-order chi connectivity index (χ0) is 10.8. The maximum Gasteiger partial charge on any atom is 0.137 e. The van der Waals surface area contributed by atoms with Crippen LogP contribution in [0.25, 0.3) is 11.0 Å². The van der Waals surface area contributed by atoms with Crippen molar-refractivity contribution in [3.63, 3.8) is 0 Å². The molecule has 5 heteroatoms.